The van der Waals surface area contributed by atoms with Gasteiger partial charge in [0.25, 0.3) is 0 Å². The molecule has 1 aromatic heterocycles. The molecule has 0 N–H and O–H groups in total. The fourth-order valence-electron chi connectivity index (χ4n) is 1.27. The summed E-state index contributed by atoms with van der Waals surface area (Å²) in [5.74, 6) is 0.854. The second-order valence-corrected chi connectivity index (χ2v) is 3.80. The van der Waals surface area contributed by atoms with E-state index in [9.17, 15) is 4.79 Å². The number of carbonyl (C=O) groups is 1. The third-order valence-corrected chi connectivity index (χ3v) is 2.42. The summed E-state index contributed by atoms with van der Waals surface area (Å²) in [6, 6.07) is 1.58. The zero-order valence-electron chi connectivity index (χ0n) is 10.1. The van der Waals surface area contributed by atoms with Gasteiger partial charge in [0, 0.05) is 12.6 Å². The summed E-state index contributed by atoms with van der Waals surface area (Å²) in [5.41, 5.74) is 0.343. The molecule has 0 fully saturated rings. The number of hydrogen-bond donors (Lipinski definition) is 0. The normalized spacial score (nSPS) is 12.2. The Balaban J connectivity index is 2.74. The van der Waals surface area contributed by atoms with E-state index in [2.05, 4.69) is 23.8 Å². The zero-order chi connectivity index (χ0) is 12.0. The Hall–Kier alpha value is -1.45. The number of aromatic nitrogens is 2. The molecule has 4 heteroatoms. The van der Waals surface area contributed by atoms with E-state index >= 15 is 0 Å². The maximum Gasteiger partial charge on any atom is 0.357 e. The van der Waals surface area contributed by atoms with Gasteiger partial charge in [-0.3, -0.25) is 0 Å². The molecule has 16 heavy (non-hydrogen) atoms. The highest BCUT2D eigenvalue weighted by Crippen LogP contribution is 2.08. The van der Waals surface area contributed by atoms with Gasteiger partial charge in [-0.15, -0.1) is 0 Å². The summed E-state index contributed by atoms with van der Waals surface area (Å²) in [5, 5.41) is 0. The van der Waals surface area contributed by atoms with Crippen molar-refractivity contribution in [1.82, 2.24) is 9.97 Å². The van der Waals surface area contributed by atoms with Crippen molar-refractivity contribution < 1.29 is 9.53 Å². The first-order valence-electron chi connectivity index (χ1n) is 5.66. The van der Waals surface area contributed by atoms with Gasteiger partial charge in [0.2, 0.25) is 0 Å². The van der Waals surface area contributed by atoms with E-state index in [0.29, 0.717) is 24.0 Å². The van der Waals surface area contributed by atoms with E-state index in [4.69, 9.17) is 4.74 Å². The van der Waals surface area contributed by atoms with Crippen LogP contribution in [0.1, 0.15) is 43.5 Å². The first kappa shape index (κ1) is 12.6. The SMILES string of the molecule is CCOC(=O)c1ccnc(CC(C)CC)n1. The van der Waals surface area contributed by atoms with Crippen molar-refractivity contribution in [3.63, 3.8) is 0 Å². The summed E-state index contributed by atoms with van der Waals surface area (Å²) in [6.07, 6.45) is 3.48. The molecule has 1 aromatic rings. The third kappa shape index (κ3) is 3.61. The van der Waals surface area contributed by atoms with E-state index in [0.717, 1.165) is 12.8 Å². The Kier molecular flexibility index (Phi) is 4.89. The van der Waals surface area contributed by atoms with E-state index < -0.39 is 0 Å². The summed E-state index contributed by atoms with van der Waals surface area (Å²) in [4.78, 5) is 19.8. The minimum atomic E-state index is -0.379. The van der Waals surface area contributed by atoms with Crippen molar-refractivity contribution in [2.45, 2.75) is 33.6 Å². The first-order valence-corrected chi connectivity index (χ1v) is 5.66. The summed E-state index contributed by atoms with van der Waals surface area (Å²) < 4.78 is 4.89. The Labute approximate surface area is 96.1 Å². The molecule has 0 saturated carbocycles. The highest BCUT2D eigenvalue weighted by Gasteiger charge is 2.10. The lowest BCUT2D eigenvalue weighted by molar-refractivity contribution is 0.0518. The van der Waals surface area contributed by atoms with Crippen molar-refractivity contribution in [2.24, 2.45) is 5.92 Å². The van der Waals surface area contributed by atoms with Crippen molar-refractivity contribution >= 4 is 5.97 Å². The summed E-state index contributed by atoms with van der Waals surface area (Å²) in [6.45, 7) is 6.41. The predicted molar refractivity (Wildman–Crippen MR) is 61.1 cm³/mol. The van der Waals surface area contributed by atoms with E-state index in [1.165, 1.54) is 0 Å². The van der Waals surface area contributed by atoms with Crippen LogP contribution in [0.3, 0.4) is 0 Å². The van der Waals surface area contributed by atoms with Crippen molar-refractivity contribution in [3.05, 3.63) is 23.8 Å². The molecular weight excluding hydrogens is 204 g/mol. The molecular formula is C12H18N2O2. The summed E-state index contributed by atoms with van der Waals surface area (Å²) >= 11 is 0. The molecule has 1 unspecified atom stereocenters. The first-order chi connectivity index (χ1) is 7.67. The van der Waals surface area contributed by atoms with Crippen molar-refractivity contribution in [3.8, 4) is 0 Å². The maximum atomic E-state index is 11.4. The standard InChI is InChI=1S/C12H18N2O2/c1-4-9(3)8-11-13-7-6-10(14-11)12(15)16-5-2/h6-7,9H,4-5,8H2,1-3H3. The fourth-order valence-corrected chi connectivity index (χ4v) is 1.27. The van der Waals surface area contributed by atoms with Gasteiger partial charge < -0.3 is 4.74 Å². The quantitative estimate of drug-likeness (QED) is 0.717. The minimum Gasteiger partial charge on any atom is -0.461 e. The average molecular weight is 222 g/mol. The van der Waals surface area contributed by atoms with Crippen LogP contribution in [0.15, 0.2) is 12.3 Å². The molecule has 88 valence electrons. The largest absolute Gasteiger partial charge is 0.461 e. The number of nitrogens with zero attached hydrogens (tertiary/aromatic N) is 2. The second-order valence-electron chi connectivity index (χ2n) is 3.80. The molecule has 0 saturated heterocycles. The lowest BCUT2D eigenvalue weighted by Crippen LogP contribution is -2.11. The maximum absolute atomic E-state index is 11.4. The van der Waals surface area contributed by atoms with Crippen LogP contribution in [0.25, 0.3) is 0 Å². The molecule has 0 aliphatic rings. The Morgan fingerprint density at radius 1 is 1.50 bits per heavy atom. The lowest BCUT2D eigenvalue weighted by Gasteiger charge is -2.07. The van der Waals surface area contributed by atoms with Gasteiger partial charge in [-0.2, -0.15) is 0 Å². The Morgan fingerprint density at radius 3 is 2.88 bits per heavy atom. The van der Waals surface area contributed by atoms with Crippen LogP contribution in [-0.2, 0) is 11.2 Å². The van der Waals surface area contributed by atoms with E-state index in [1.54, 1.807) is 19.2 Å². The van der Waals surface area contributed by atoms with Crippen LogP contribution in [0.4, 0.5) is 0 Å². The molecule has 0 amide bonds. The molecule has 1 atom stereocenters. The molecule has 0 bridgehead atoms. The van der Waals surface area contributed by atoms with Crippen molar-refractivity contribution in [2.75, 3.05) is 6.61 Å². The molecule has 0 aliphatic carbocycles. The number of carbonyl (C=O) groups excluding carboxylic acids is 1. The van der Waals surface area contributed by atoms with Crippen LogP contribution in [0, 0.1) is 5.92 Å². The molecule has 0 spiro atoms. The molecule has 4 nitrogen and oxygen atoms in total. The lowest BCUT2D eigenvalue weighted by atomic mass is 10.1. The Morgan fingerprint density at radius 2 is 2.25 bits per heavy atom. The van der Waals surface area contributed by atoms with E-state index in [1.807, 2.05) is 0 Å². The highest BCUT2D eigenvalue weighted by atomic mass is 16.5. The minimum absolute atomic E-state index is 0.343. The Bertz CT molecular complexity index is 353. The number of esters is 1. The second kappa shape index (κ2) is 6.20. The number of hydrogen-bond acceptors (Lipinski definition) is 4. The number of rotatable bonds is 5. The van der Waals surface area contributed by atoms with Crippen LogP contribution in [0.2, 0.25) is 0 Å². The van der Waals surface area contributed by atoms with Crippen LogP contribution in [0.5, 0.6) is 0 Å². The number of ether oxygens (including phenoxy) is 1. The van der Waals surface area contributed by atoms with Gasteiger partial charge in [0.1, 0.15) is 5.82 Å². The highest BCUT2D eigenvalue weighted by molar-refractivity contribution is 5.87. The van der Waals surface area contributed by atoms with Crippen molar-refractivity contribution in [1.29, 1.82) is 0 Å². The van der Waals surface area contributed by atoms with Gasteiger partial charge >= 0.3 is 5.97 Å². The molecule has 1 rings (SSSR count). The van der Waals surface area contributed by atoms with Gasteiger partial charge in [0.15, 0.2) is 5.69 Å². The zero-order valence-corrected chi connectivity index (χ0v) is 10.1. The topological polar surface area (TPSA) is 52.1 Å². The van der Waals surface area contributed by atoms with Crippen LogP contribution < -0.4 is 0 Å². The van der Waals surface area contributed by atoms with E-state index in [-0.39, 0.29) is 5.97 Å². The molecule has 0 aliphatic heterocycles. The smallest absolute Gasteiger partial charge is 0.357 e. The average Bonchev–Trinajstić information content (AvgIpc) is 2.29. The van der Waals surface area contributed by atoms with Gasteiger partial charge in [-0.05, 0) is 18.9 Å². The molecule has 0 aromatic carbocycles. The molecule has 1 heterocycles. The monoisotopic (exact) mass is 222 g/mol. The third-order valence-electron chi connectivity index (χ3n) is 2.42. The predicted octanol–water partition coefficient (Wildman–Crippen LogP) is 2.24. The van der Waals surface area contributed by atoms with Gasteiger partial charge in [-0.25, -0.2) is 14.8 Å². The van der Waals surface area contributed by atoms with Crippen LogP contribution >= 0.6 is 0 Å². The van der Waals surface area contributed by atoms with Gasteiger partial charge in [0.05, 0.1) is 6.61 Å². The summed E-state index contributed by atoms with van der Waals surface area (Å²) in [7, 11) is 0. The fraction of sp³-hybridized carbons (Fsp3) is 0.583. The molecule has 0 radical (unpaired) electrons. The van der Waals surface area contributed by atoms with Gasteiger partial charge in [-0.1, -0.05) is 20.3 Å². The van der Waals surface area contributed by atoms with Crippen LogP contribution in [-0.4, -0.2) is 22.5 Å².